The Morgan fingerprint density at radius 3 is 2.19 bits per heavy atom. The predicted molar refractivity (Wildman–Crippen MR) is 139 cm³/mol. The maximum Gasteiger partial charge on any atom is 0.338 e. The lowest BCUT2D eigenvalue weighted by Gasteiger charge is -2.13. The lowest BCUT2D eigenvalue weighted by atomic mass is 9.93. The van der Waals surface area contributed by atoms with Crippen LogP contribution in [-0.2, 0) is 4.74 Å². The monoisotopic (exact) mass is 513 g/mol. The number of esters is 1. The molecule has 0 atom stereocenters. The first-order valence-electron chi connectivity index (χ1n) is 11.4. The molecule has 1 aromatic heterocycles. The van der Waals surface area contributed by atoms with Crippen molar-refractivity contribution >= 4 is 27.4 Å². The molecule has 0 N–H and O–H groups in total. The molecule has 4 aromatic carbocycles. The van der Waals surface area contributed by atoms with E-state index < -0.39 is 23.4 Å². The Balaban J connectivity index is 1.73. The van der Waals surface area contributed by atoms with Gasteiger partial charge in [-0.1, -0.05) is 42.5 Å². The van der Waals surface area contributed by atoms with Crippen molar-refractivity contribution < 1.29 is 22.7 Å². The molecule has 5 aromatic rings. The standard InChI is InChI=1S/C30H18F3NO2S/c1-2-36-30(35)20-13-11-19(12-14-20)29-25(21-5-3-4-6-24(21)37-29)23-15-22(26(31)28(33)27(23)32)18-9-7-17(16-34)8-10-18/h3-15H,2H2,1H3. The first kappa shape index (κ1) is 24.3. The van der Waals surface area contributed by atoms with Crippen LogP contribution in [0.1, 0.15) is 22.8 Å². The van der Waals surface area contributed by atoms with E-state index in [1.807, 2.05) is 18.2 Å². The second-order valence-corrected chi connectivity index (χ2v) is 9.26. The molecule has 0 fully saturated rings. The molecule has 1 heterocycles. The van der Waals surface area contributed by atoms with Gasteiger partial charge in [0.25, 0.3) is 0 Å². The van der Waals surface area contributed by atoms with E-state index in [1.54, 1.807) is 43.3 Å². The van der Waals surface area contributed by atoms with Gasteiger partial charge in [-0.15, -0.1) is 11.3 Å². The van der Waals surface area contributed by atoms with Crippen molar-refractivity contribution in [3.05, 3.63) is 107 Å². The summed E-state index contributed by atoms with van der Waals surface area (Å²) < 4.78 is 51.2. The normalized spacial score (nSPS) is 10.9. The van der Waals surface area contributed by atoms with Crippen molar-refractivity contribution in [3.8, 4) is 38.8 Å². The number of fused-ring (bicyclic) bond motifs is 1. The molecular weight excluding hydrogens is 495 g/mol. The van der Waals surface area contributed by atoms with Gasteiger partial charge in [0.2, 0.25) is 0 Å². The molecule has 0 saturated heterocycles. The smallest absolute Gasteiger partial charge is 0.338 e. The first-order chi connectivity index (χ1) is 17.9. The molecule has 0 radical (unpaired) electrons. The van der Waals surface area contributed by atoms with Gasteiger partial charge in [-0.25, -0.2) is 18.0 Å². The van der Waals surface area contributed by atoms with Crippen LogP contribution in [0, 0.1) is 28.8 Å². The molecule has 0 aliphatic heterocycles. The van der Waals surface area contributed by atoms with E-state index in [1.165, 1.54) is 41.7 Å². The summed E-state index contributed by atoms with van der Waals surface area (Å²) in [7, 11) is 0. The number of halogens is 3. The van der Waals surface area contributed by atoms with Crippen molar-refractivity contribution in [2.45, 2.75) is 6.92 Å². The lowest BCUT2D eigenvalue weighted by molar-refractivity contribution is 0.0526. The fourth-order valence-electron chi connectivity index (χ4n) is 4.21. The molecular formula is C30H18F3NO2S. The Bertz CT molecular complexity index is 1680. The van der Waals surface area contributed by atoms with Gasteiger partial charge in [-0.3, -0.25) is 0 Å². The minimum Gasteiger partial charge on any atom is -0.462 e. The second-order valence-electron chi connectivity index (χ2n) is 8.20. The number of nitrogens with zero attached hydrogens (tertiary/aromatic N) is 1. The van der Waals surface area contributed by atoms with Crippen LogP contribution in [0.2, 0.25) is 0 Å². The minimum absolute atomic E-state index is 0.0832. The zero-order valence-electron chi connectivity index (χ0n) is 19.5. The fourth-order valence-corrected chi connectivity index (χ4v) is 5.43. The van der Waals surface area contributed by atoms with Gasteiger partial charge in [0, 0.05) is 31.7 Å². The number of thiophene rings is 1. The summed E-state index contributed by atoms with van der Waals surface area (Å²) in [5.74, 6) is -4.62. The van der Waals surface area contributed by atoms with Gasteiger partial charge in [0.1, 0.15) is 0 Å². The van der Waals surface area contributed by atoms with Crippen LogP contribution in [-0.4, -0.2) is 12.6 Å². The highest BCUT2D eigenvalue weighted by atomic mass is 32.1. The third-order valence-corrected chi connectivity index (χ3v) is 7.21. The number of carbonyl (C=O) groups excluding carboxylic acids is 1. The molecule has 0 aliphatic carbocycles. The van der Waals surface area contributed by atoms with E-state index in [0.717, 1.165) is 4.70 Å². The Hall–Kier alpha value is -4.41. The SMILES string of the molecule is CCOC(=O)c1ccc(-c2sc3ccccc3c2-c2cc(-c3ccc(C#N)cc3)c(F)c(F)c2F)cc1. The fraction of sp³-hybridized carbons (Fsp3) is 0.0667. The molecule has 182 valence electrons. The Kier molecular flexibility index (Phi) is 6.51. The van der Waals surface area contributed by atoms with E-state index in [9.17, 15) is 13.6 Å². The van der Waals surface area contributed by atoms with Crippen LogP contribution in [0.5, 0.6) is 0 Å². The van der Waals surface area contributed by atoms with Crippen molar-refractivity contribution in [3.63, 3.8) is 0 Å². The van der Waals surface area contributed by atoms with Crippen molar-refractivity contribution in [1.82, 2.24) is 0 Å². The van der Waals surface area contributed by atoms with Crippen LogP contribution >= 0.6 is 11.3 Å². The van der Waals surface area contributed by atoms with Gasteiger partial charge >= 0.3 is 5.97 Å². The molecule has 0 saturated carbocycles. The lowest BCUT2D eigenvalue weighted by Crippen LogP contribution is -2.04. The first-order valence-corrected chi connectivity index (χ1v) is 12.2. The van der Waals surface area contributed by atoms with Crippen LogP contribution < -0.4 is 0 Å². The van der Waals surface area contributed by atoms with E-state index in [-0.39, 0.29) is 17.7 Å². The highest BCUT2D eigenvalue weighted by Crippen LogP contribution is 2.47. The number of nitriles is 1. The third-order valence-electron chi connectivity index (χ3n) is 6.00. The van der Waals surface area contributed by atoms with Gasteiger partial charge < -0.3 is 4.74 Å². The van der Waals surface area contributed by atoms with Crippen molar-refractivity contribution in [1.29, 1.82) is 5.26 Å². The van der Waals surface area contributed by atoms with Gasteiger partial charge in [0.05, 0.1) is 23.8 Å². The molecule has 0 aliphatic rings. The zero-order valence-corrected chi connectivity index (χ0v) is 20.3. The average Bonchev–Trinajstić information content (AvgIpc) is 3.32. The summed E-state index contributed by atoms with van der Waals surface area (Å²) in [5, 5.41) is 9.75. The second kappa shape index (κ2) is 9.92. The number of rotatable bonds is 5. The summed E-state index contributed by atoms with van der Waals surface area (Å²) >= 11 is 1.39. The molecule has 0 unspecified atom stereocenters. The van der Waals surface area contributed by atoms with E-state index in [4.69, 9.17) is 10.00 Å². The highest BCUT2D eigenvalue weighted by molar-refractivity contribution is 7.23. The molecule has 3 nitrogen and oxygen atoms in total. The molecule has 37 heavy (non-hydrogen) atoms. The van der Waals surface area contributed by atoms with Crippen LogP contribution in [0.3, 0.4) is 0 Å². The highest BCUT2D eigenvalue weighted by Gasteiger charge is 2.25. The van der Waals surface area contributed by atoms with Crippen LogP contribution in [0.4, 0.5) is 13.2 Å². The number of hydrogen-bond acceptors (Lipinski definition) is 4. The summed E-state index contributed by atoms with van der Waals surface area (Å²) in [4.78, 5) is 12.7. The third kappa shape index (κ3) is 4.37. The summed E-state index contributed by atoms with van der Waals surface area (Å²) in [6.45, 7) is 1.97. The largest absolute Gasteiger partial charge is 0.462 e. The summed E-state index contributed by atoms with van der Waals surface area (Å²) in [5.41, 5.74) is 1.97. The van der Waals surface area contributed by atoms with Crippen molar-refractivity contribution in [2.75, 3.05) is 6.61 Å². The van der Waals surface area contributed by atoms with E-state index in [2.05, 4.69) is 0 Å². The maximum atomic E-state index is 15.4. The number of hydrogen-bond donors (Lipinski definition) is 0. The van der Waals surface area contributed by atoms with E-state index in [0.29, 0.717) is 38.1 Å². The minimum atomic E-state index is -1.57. The Labute approximate surface area is 215 Å². The topological polar surface area (TPSA) is 50.1 Å². The molecule has 0 spiro atoms. The van der Waals surface area contributed by atoms with Gasteiger partial charge in [-0.05, 0) is 54.4 Å². The summed E-state index contributed by atoms with van der Waals surface area (Å²) in [6.07, 6.45) is 0. The van der Waals surface area contributed by atoms with Gasteiger partial charge in [0.15, 0.2) is 17.5 Å². The quantitative estimate of drug-likeness (QED) is 0.175. The Morgan fingerprint density at radius 1 is 0.865 bits per heavy atom. The molecule has 0 bridgehead atoms. The number of benzene rings is 4. The zero-order chi connectivity index (χ0) is 26.1. The van der Waals surface area contributed by atoms with Crippen molar-refractivity contribution in [2.24, 2.45) is 0 Å². The average molecular weight is 514 g/mol. The maximum absolute atomic E-state index is 15.4. The molecule has 7 heteroatoms. The van der Waals surface area contributed by atoms with Crippen LogP contribution in [0.25, 0.3) is 42.8 Å². The van der Waals surface area contributed by atoms with Crippen LogP contribution in [0.15, 0.2) is 78.9 Å². The summed E-state index contributed by atoms with van der Waals surface area (Å²) in [6, 6.07) is 23.3. The Morgan fingerprint density at radius 2 is 1.51 bits per heavy atom. The predicted octanol–water partition coefficient (Wildman–Crippen LogP) is 8.37. The molecule has 5 rings (SSSR count). The number of ether oxygens (including phenoxy) is 1. The van der Waals surface area contributed by atoms with E-state index >= 15 is 4.39 Å². The number of carbonyl (C=O) groups is 1. The molecule has 0 amide bonds. The van der Waals surface area contributed by atoms with Gasteiger partial charge in [-0.2, -0.15) is 5.26 Å².